The molecule has 0 saturated carbocycles. The lowest BCUT2D eigenvalue weighted by Gasteiger charge is -2.15. The number of rotatable bonds is 8. The molecule has 0 spiro atoms. The zero-order valence-corrected chi connectivity index (χ0v) is 16.8. The van der Waals surface area contributed by atoms with Gasteiger partial charge in [-0.05, 0) is 26.0 Å². The maximum atomic E-state index is 13.4. The van der Waals surface area contributed by atoms with Crippen LogP contribution in [0.5, 0.6) is 5.75 Å². The van der Waals surface area contributed by atoms with E-state index in [1.165, 1.54) is 21.8 Å². The van der Waals surface area contributed by atoms with Crippen molar-refractivity contribution in [2.45, 2.75) is 33.7 Å². The van der Waals surface area contributed by atoms with E-state index in [4.69, 9.17) is 4.74 Å². The summed E-state index contributed by atoms with van der Waals surface area (Å²) < 4.78 is 21.9. The summed E-state index contributed by atoms with van der Waals surface area (Å²) in [4.78, 5) is 24.5. The number of hydrogen-bond acceptors (Lipinski definition) is 6. The van der Waals surface area contributed by atoms with Crippen molar-refractivity contribution < 1.29 is 18.8 Å². The zero-order chi connectivity index (χ0) is 21.8. The molecule has 1 amide bonds. The Morgan fingerprint density at radius 1 is 1.37 bits per heavy atom. The second-order valence-electron chi connectivity index (χ2n) is 6.62. The SMILES string of the molecule is CCn1ncc(CN(C)C(=O)c2ccn(COc3cc(F)ccc3[N+](=O)[O-])n2)c1C. The van der Waals surface area contributed by atoms with Crippen molar-refractivity contribution in [3.8, 4) is 5.75 Å². The molecule has 0 unspecified atom stereocenters. The maximum Gasteiger partial charge on any atom is 0.311 e. The second kappa shape index (κ2) is 8.72. The standard InChI is InChI=1S/C19H21FN6O4/c1-4-25-13(2)14(10-21-25)11-23(3)19(27)16-7-8-24(22-16)12-30-18-9-15(20)5-6-17(18)26(28)29/h5-10H,4,11-12H2,1-3H3. The minimum atomic E-state index is -0.662. The molecular formula is C19H21FN6O4. The Morgan fingerprint density at radius 2 is 2.13 bits per heavy atom. The number of nitro groups is 1. The number of benzene rings is 1. The summed E-state index contributed by atoms with van der Waals surface area (Å²) in [5.74, 6) is -1.17. The number of amides is 1. The van der Waals surface area contributed by atoms with Gasteiger partial charge in [0.05, 0.1) is 11.1 Å². The molecule has 10 nitrogen and oxygen atoms in total. The van der Waals surface area contributed by atoms with Crippen molar-refractivity contribution in [1.82, 2.24) is 24.5 Å². The van der Waals surface area contributed by atoms with Crippen LogP contribution in [0.3, 0.4) is 0 Å². The van der Waals surface area contributed by atoms with Crippen LogP contribution < -0.4 is 4.74 Å². The lowest BCUT2D eigenvalue weighted by Crippen LogP contribution is -2.27. The van der Waals surface area contributed by atoms with Crippen LogP contribution in [0.1, 0.15) is 28.7 Å². The van der Waals surface area contributed by atoms with Gasteiger partial charge in [-0.1, -0.05) is 0 Å². The number of halogens is 1. The van der Waals surface area contributed by atoms with Gasteiger partial charge in [-0.3, -0.25) is 19.6 Å². The molecule has 0 saturated heterocycles. The molecule has 158 valence electrons. The molecule has 3 aromatic rings. The van der Waals surface area contributed by atoms with E-state index in [2.05, 4.69) is 10.2 Å². The summed E-state index contributed by atoms with van der Waals surface area (Å²) >= 11 is 0. The molecule has 0 N–H and O–H groups in total. The number of carbonyl (C=O) groups excluding carboxylic acids is 1. The van der Waals surface area contributed by atoms with Crippen molar-refractivity contribution in [2.75, 3.05) is 7.05 Å². The topological polar surface area (TPSA) is 108 Å². The first-order valence-corrected chi connectivity index (χ1v) is 9.17. The van der Waals surface area contributed by atoms with Crippen LogP contribution in [-0.2, 0) is 19.8 Å². The monoisotopic (exact) mass is 416 g/mol. The third-order valence-electron chi connectivity index (χ3n) is 4.59. The van der Waals surface area contributed by atoms with Gasteiger partial charge in [0.15, 0.2) is 12.4 Å². The molecular weight excluding hydrogens is 395 g/mol. The molecule has 0 aliphatic carbocycles. The first-order valence-electron chi connectivity index (χ1n) is 9.17. The van der Waals surface area contributed by atoms with Crippen LogP contribution in [0, 0.1) is 22.9 Å². The summed E-state index contributed by atoms with van der Waals surface area (Å²) in [7, 11) is 1.66. The van der Waals surface area contributed by atoms with E-state index >= 15 is 0 Å². The van der Waals surface area contributed by atoms with Crippen molar-refractivity contribution in [1.29, 1.82) is 0 Å². The van der Waals surface area contributed by atoms with Gasteiger partial charge in [-0.25, -0.2) is 9.07 Å². The Bertz CT molecular complexity index is 1080. The molecule has 3 rings (SSSR count). The van der Waals surface area contributed by atoms with Crippen molar-refractivity contribution >= 4 is 11.6 Å². The number of hydrogen-bond donors (Lipinski definition) is 0. The van der Waals surface area contributed by atoms with E-state index in [1.54, 1.807) is 13.2 Å². The van der Waals surface area contributed by atoms with Crippen molar-refractivity contribution in [2.24, 2.45) is 0 Å². The largest absolute Gasteiger partial charge is 0.464 e. The second-order valence-corrected chi connectivity index (χ2v) is 6.62. The normalized spacial score (nSPS) is 10.8. The van der Waals surface area contributed by atoms with Crippen LogP contribution >= 0.6 is 0 Å². The molecule has 0 bridgehead atoms. The molecule has 11 heteroatoms. The van der Waals surface area contributed by atoms with E-state index in [1.807, 2.05) is 18.5 Å². The van der Waals surface area contributed by atoms with Gasteiger partial charge in [0.1, 0.15) is 5.82 Å². The third kappa shape index (κ3) is 4.45. The first kappa shape index (κ1) is 21.0. The highest BCUT2D eigenvalue weighted by molar-refractivity contribution is 5.91. The van der Waals surface area contributed by atoms with Crippen LogP contribution in [0.4, 0.5) is 10.1 Å². The van der Waals surface area contributed by atoms with Crippen LogP contribution in [-0.4, -0.2) is 42.3 Å². The Morgan fingerprint density at radius 3 is 2.80 bits per heavy atom. The fraction of sp³-hybridized carbons (Fsp3) is 0.316. The lowest BCUT2D eigenvalue weighted by atomic mass is 10.2. The van der Waals surface area contributed by atoms with Crippen LogP contribution in [0.25, 0.3) is 0 Å². The van der Waals surface area contributed by atoms with Gasteiger partial charge in [-0.15, -0.1) is 0 Å². The summed E-state index contributed by atoms with van der Waals surface area (Å²) in [6.07, 6.45) is 3.24. The molecule has 0 aliphatic rings. The number of nitrogens with zero attached hydrogens (tertiary/aromatic N) is 6. The summed E-state index contributed by atoms with van der Waals surface area (Å²) in [6, 6.07) is 4.46. The van der Waals surface area contributed by atoms with E-state index in [0.717, 1.165) is 36.0 Å². The minimum absolute atomic E-state index is 0.190. The molecule has 0 aliphatic heterocycles. The van der Waals surface area contributed by atoms with E-state index in [9.17, 15) is 19.3 Å². The molecule has 0 atom stereocenters. The van der Waals surface area contributed by atoms with Gasteiger partial charge >= 0.3 is 5.69 Å². The lowest BCUT2D eigenvalue weighted by molar-refractivity contribution is -0.386. The highest BCUT2D eigenvalue weighted by atomic mass is 19.1. The minimum Gasteiger partial charge on any atom is -0.464 e. The predicted octanol–water partition coefficient (Wildman–Crippen LogP) is 2.76. The number of aryl methyl sites for hydroxylation is 1. The summed E-state index contributed by atoms with van der Waals surface area (Å²) in [5.41, 5.74) is 1.76. The Kier molecular flexibility index (Phi) is 6.09. The fourth-order valence-corrected chi connectivity index (χ4v) is 2.92. The molecule has 30 heavy (non-hydrogen) atoms. The summed E-state index contributed by atoms with van der Waals surface area (Å²) in [6.45, 7) is 4.85. The first-order chi connectivity index (χ1) is 14.3. The average Bonchev–Trinajstić information content (AvgIpc) is 3.32. The number of aromatic nitrogens is 4. The quantitative estimate of drug-likeness (QED) is 0.413. The number of ether oxygens (including phenoxy) is 1. The Balaban J connectivity index is 1.66. The number of carbonyl (C=O) groups is 1. The van der Waals surface area contributed by atoms with E-state index in [0.29, 0.717) is 6.54 Å². The molecule has 1 aromatic carbocycles. The third-order valence-corrected chi connectivity index (χ3v) is 4.59. The van der Waals surface area contributed by atoms with Gasteiger partial charge in [0, 0.05) is 49.7 Å². The van der Waals surface area contributed by atoms with Crippen LogP contribution in [0.15, 0.2) is 36.7 Å². The van der Waals surface area contributed by atoms with E-state index in [-0.39, 0.29) is 29.8 Å². The van der Waals surface area contributed by atoms with Gasteiger partial charge in [-0.2, -0.15) is 10.2 Å². The Labute approximate surface area is 171 Å². The van der Waals surface area contributed by atoms with Crippen LogP contribution in [0.2, 0.25) is 0 Å². The molecule has 2 heterocycles. The van der Waals surface area contributed by atoms with Gasteiger partial charge in [0.25, 0.3) is 5.91 Å². The molecule has 0 fully saturated rings. The summed E-state index contributed by atoms with van der Waals surface area (Å²) in [5, 5.41) is 19.4. The predicted molar refractivity (Wildman–Crippen MR) is 104 cm³/mol. The average molecular weight is 416 g/mol. The zero-order valence-electron chi connectivity index (χ0n) is 16.8. The maximum absolute atomic E-state index is 13.4. The highest BCUT2D eigenvalue weighted by Crippen LogP contribution is 2.27. The smallest absolute Gasteiger partial charge is 0.311 e. The number of nitro benzene ring substituents is 1. The van der Waals surface area contributed by atoms with Gasteiger partial charge in [0.2, 0.25) is 5.75 Å². The Hall–Kier alpha value is -3.76. The van der Waals surface area contributed by atoms with Crippen molar-refractivity contribution in [3.05, 3.63) is 69.5 Å². The highest BCUT2D eigenvalue weighted by Gasteiger charge is 2.19. The van der Waals surface area contributed by atoms with Gasteiger partial charge < -0.3 is 9.64 Å². The van der Waals surface area contributed by atoms with Crippen molar-refractivity contribution in [3.63, 3.8) is 0 Å². The molecule has 0 radical (unpaired) electrons. The molecule has 2 aromatic heterocycles. The fourth-order valence-electron chi connectivity index (χ4n) is 2.92. The van der Waals surface area contributed by atoms with E-state index < -0.39 is 10.7 Å².